The Labute approximate surface area is 81.7 Å². The van der Waals surface area contributed by atoms with Gasteiger partial charge in [-0.15, -0.1) is 10.2 Å². The molecule has 0 aliphatic rings. The second kappa shape index (κ2) is 2.81. The van der Waals surface area contributed by atoms with Crippen molar-refractivity contribution in [3.8, 4) is 0 Å². The van der Waals surface area contributed by atoms with Gasteiger partial charge in [-0.25, -0.2) is 0 Å². The van der Waals surface area contributed by atoms with Gasteiger partial charge < -0.3 is 5.73 Å². The van der Waals surface area contributed by atoms with Crippen molar-refractivity contribution < 1.29 is 4.79 Å². The van der Waals surface area contributed by atoms with E-state index in [9.17, 15) is 4.79 Å². The first-order valence-electron chi connectivity index (χ1n) is 3.47. The Morgan fingerprint density at radius 3 is 3.08 bits per heavy atom. The van der Waals surface area contributed by atoms with E-state index in [1.165, 1.54) is 6.33 Å². The molecule has 0 unspecified atom stereocenters. The monoisotopic (exact) mass is 240 g/mol. The first kappa shape index (κ1) is 8.18. The molecule has 0 saturated carbocycles. The van der Waals surface area contributed by atoms with Gasteiger partial charge in [0, 0.05) is 6.20 Å². The summed E-state index contributed by atoms with van der Waals surface area (Å²) in [7, 11) is 0. The molecule has 2 aromatic heterocycles. The van der Waals surface area contributed by atoms with Gasteiger partial charge >= 0.3 is 0 Å². The Kier molecular flexibility index (Phi) is 1.77. The molecule has 0 aromatic carbocycles. The number of hydrogen-bond donors (Lipinski definition) is 1. The van der Waals surface area contributed by atoms with Crippen LogP contribution in [0.25, 0.3) is 5.65 Å². The lowest BCUT2D eigenvalue weighted by Gasteiger charge is -1.98. The molecule has 0 spiro atoms. The number of carbonyl (C=O) groups is 1. The predicted octanol–water partition coefficient (Wildman–Crippen LogP) is 0.591. The van der Waals surface area contributed by atoms with E-state index >= 15 is 0 Å². The van der Waals surface area contributed by atoms with Crippen LogP contribution in [0.1, 0.15) is 10.4 Å². The molecule has 13 heavy (non-hydrogen) atoms. The maximum absolute atomic E-state index is 10.9. The van der Waals surface area contributed by atoms with Crippen molar-refractivity contribution in [1.82, 2.24) is 14.6 Å². The number of nitrogens with two attached hydrogens (primary N) is 1. The van der Waals surface area contributed by atoms with E-state index in [1.807, 2.05) is 0 Å². The molecule has 66 valence electrons. The zero-order chi connectivity index (χ0) is 9.42. The van der Waals surface area contributed by atoms with Crippen LogP contribution in [-0.4, -0.2) is 20.5 Å². The van der Waals surface area contributed by atoms with E-state index in [-0.39, 0.29) is 0 Å². The Bertz CT molecular complexity index is 478. The summed E-state index contributed by atoms with van der Waals surface area (Å²) in [5, 5.41) is 7.53. The minimum absolute atomic E-state index is 0.416. The van der Waals surface area contributed by atoms with Gasteiger partial charge in [0.15, 0.2) is 5.65 Å². The van der Waals surface area contributed by atoms with Crippen molar-refractivity contribution in [2.24, 2.45) is 5.73 Å². The highest BCUT2D eigenvalue weighted by atomic mass is 79.9. The maximum Gasteiger partial charge on any atom is 0.250 e. The van der Waals surface area contributed by atoms with Crippen molar-refractivity contribution in [1.29, 1.82) is 0 Å². The lowest BCUT2D eigenvalue weighted by Crippen LogP contribution is -2.11. The number of hydrogen-bond acceptors (Lipinski definition) is 3. The molecule has 0 fully saturated rings. The second-order valence-corrected chi connectivity index (χ2v) is 3.36. The van der Waals surface area contributed by atoms with E-state index in [4.69, 9.17) is 5.73 Å². The summed E-state index contributed by atoms with van der Waals surface area (Å²) >= 11 is 3.26. The number of carbonyl (C=O) groups excluding carboxylic acids is 1. The molecule has 2 N–H and O–H groups in total. The van der Waals surface area contributed by atoms with E-state index in [2.05, 4.69) is 26.1 Å². The molecule has 5 nitrogen and oxygen atoms in total. The highest BCUT2D eigenvalue weighted by Gasteiger charge is 2.06. The van der Waals surface area contributed by atoms with Crippen molar-refractivity contribution in [2.75, 3.05) is 0 Å². The highest BCUT2D eigenvalue weighted by molar-refractivity contribution is 9.10. The standard InChI is InChI=1S/C7H5BrN4O/c8-5-1-4(6(9)13)2-12-3-10-11-7(5)12/h1-3H,(H2,9,13). The number of pyridine rings is 1. The lowest BCUT2D eigenvalue weighted by atomic mass is 10.3. The summed E-state index contributed by atoms with van der Waals surface area (Å²) < 4.78 is 2.32. The third-order valence-corrected chi connectivity index (χ3v) is 2.22. The van der Waals surface area contributed by atoms with Crippen LogP contribution in [0.5, 0.6) is 0 Å². The third kappa shape index (κ3) is 1.29. The maximum atomic E-state index is 10.9. The van der Waals surface area contributed by atoms with Crippen LogP contribution in [0.4, 0.5) is 0 Å². The summed E-state index contributed by atoms with van der Waals surface area (Å²) in [6, 6.07) is 1.62. The molecular weight excluding hydrogens is 236 g/mol. The quantitative estimate of drug-likeness (QED) is 0.793. The average Bonchev–Trinajstić information content (AvgIpc) is 2.51. The molecule has 2 aromatic rings. The van der Waals surface area contributed by atoms with E-state index in [0.29, 0.717) is 15.7 Å². The van der Waals surface area contributed by atoms with Gasteiger partial charge in [0.2, 0.25) is 5.91 Å². The minimum atomic E-state index is -0.476. The van der Waals surface area contributed by atoms with E-state index < -0.39 is 5.91 Å². The second-order valence-electron chi connectivity index (χ2n) is 2.50. The van der Waals surface area contributed by atoms with Crippen molar-refractivity contribution in [3.63, 3.8) is 0 Å². The summed E-state index contributed by atoms with van der Waals surface area (Å²) in [6.45, 7) is 0. The van der Waals surface area contributed by atoms with E-state index in [0.717, 1.165) is 0 Å². The van der Waals surface area contributed by atoms with Crippen LogP contribution in [0, 0.1) is 0 Å². The van der Waals surface area contributed by atoms with Gasteiger partial charge in [-0.2, -0.15) is 0 Å². The van der Waals surface area contributed by atoms with Crippen molar-refractivity contribution in [2.45, 2.75) is 0 Å². The number of fused-ring (bicyclic) bond motifs is 1. The zero-order valence-corrected chi connectivity index (χ0v) is 8.02. The Morgan fingerprint density at radius 2 is 2.38 bits per heavy atom. The summed E-state index contributed by atoms with van der Waals surface area (Å²) in [6.07, 6.45) is 3.09. The van der Waals surface area contributed by atoms with Crippen LogP contribution < -0.4 is 5.73 Å². The molecule has 2 rings (SSSR count). The number of amides is 1. The van der Waals surface area contributed by atoms with Crippen LogP contribution >= 0.6 is 15.9 Å². The number of rotatable bonds is 1. The van der Waals surface area contributed by atoms with E-state index in [1.54, 1.807) is 16.7 Å². The largest absolute Gasteiger partial charge is 0.366 e. The SMILES string of the molecule is NC(=O)c1cc(Br)c2nncn2c1. The summed E-state index contributed by atoms with van der Waals surface area (Å²) in [4.78, 5) is 10.9. The summed E-state index contributed by atoms with van der Waals surface area (Å²) in [5.74, 6) is -0.476. The fourth-order valence-electron chi connectivity index (χ4n) is 1.03. The fraction of sp³-hybridized carbons (Fsp3) is 0. The predicted molar refractivity (Wildman–Crippen MR) is 49.2 cm³/mol. The molecule has 2 heterocycles. The molecule has 0 atom stereocenters. The number of halogens is 1. The first-order valence-corrected chi connectivity index (χ1v) is 4.26. The van der Waals surface area contributed by atoms with Gasteiger partial charge in [0.05, 0.1) is 10.0 Å². The Hall–Kier alpha value is -1.43. The third-order valence-electron chi connectivity index (χ3n) is 1.63. The Balaban J connectivity index is 2.77. The minimum Gasteiger partial charge on any atom is -0.366 e. The van der Waals surface area contributed by atoms with Gasteiger partial charge in [0.1, 0.15) is 6.33 Å². The molecule has 1 amide bonds. The van der Waals surface area contributed by atoms with Gasteiger partial charge in [0.25, 0.3) is 0 Å². The molecular formula is C7H5BrN4O. The van der Waals surface area contributed by atoms with Crippen LogP contribution in [0.3, 0.4) is 0 Å². The number of aromatic nitrogens is 3. The van der Waals surface area contributed by atoms with Crippen LogP contribution in [0.2, 0.25) is 0 Å². The average molecular weight is 241 g/mol. The molecule has 6 heteroatoms. The fourth-order valence-corrected chi connectivity index (χ4v) is 1.56. The highest BCUT2D eigenvalue weighted by Crippen LogP contribution is 2.17. The summed E-state index contributed by atoms with van der Waals surface area (Å²) in [5.41, 5.74) is 6.20. The van der Waals surface area contributed by atoms with Crippen LogP contribution in [0.15, 0.2) is 23.1 Å². The Morgan fingerprint density at radius 1 is 1.62 bits per heavy atom. The lowest BCUT2D eigenvalue weighted by molar-refractivity contribution is 0.1000. The van der Waals surface area contributed by atoms with Gasteiger partial charge in [-0.05, 0) is 22.0 Å². The van der Waals surface area contributed by atoms with Gasteiger partial charge in [-0.3, -0.25) is 9.20 Å². The molecule has 0 saturated heterocycles. The topological polar surface area (TPSA) is 73.3 Å². The first-order chi connectivity index (χ1) is 6.18. The zero-order valence-electron chi connectivity index (χ0n) is 6.44. The normalized spacial score (nSPS) is 10.5. The van der Waals surface area contributed by atoms with Crippen molar-refractivity contribution in [3.05, 3.63) is 28.6 Å². The van der Waals surface area contributed by atoms with Crippen LogP contribution in [-0.2, 0) is 0 Å². The van der Waals surface area contributed by atoms with Gasteiger partial charge in [-0.1, -0.05) is 0 Å². The molecule has 0 radical (unpaired) electrons. The molecule has 0 aliphatic heterocycles. The smallest absolute Gasteiger partial charge is 0.250 e. The molecule has 0 bridgehead atoms. The van der Waals surface area contributed by atoms with Crippen molar-refractivity contribution >= 4 is 27.5 Å². The number of primary amides is 1. The molecule has 0 aliphatic carbocycles. The number of nitrogens with zero attached hydrogens (tertiary/aromatic N) is 3.